The topological polar surface area (TPSA) is 39.7 Å². The Balaban J connectivity index is 1.88. The lowest BCUT2D eigenvalue weighted by atomic mass is 9.96. The van der Waals surface area contributed by atoms with Crippen LogP contribution < -0.4 is 10.6 Å². The van der Waals surface area contributed by atoms with Crippen molar-refractivity contribution in [3.05, 3.63) is 35.9 Å². The Kier molecular flexibility index (Phi) is 5.12. The Bertz CT molecular complexity index is 501. The molecule has 0 spiro atoms. The minimum absolute atomic E-state index is 0.0916. The molecule has 1 aromatic carbocycles. The van der Waals surface area contributed by atoms with E-state index in [0.29, 0.717) is 5.41 Å². The van der Waals surface area contributed by atoms with Crippen LogP contribution in [-0.2, 0) is 5.41 Å². The number of aliphatic imine (C=N–C) groups is 1. The fourth-order valence-electron chi connectivity index (χ4n) is 2.44. The predicted molar refractivity (Wildman–Crippen MR) is 94.5 cm³/mol. The Morgan fingerprint density at radius 1 is 1.18 bits per heavy atom. The van der Waals surface area contributed by atoms with Crippen LogP contribution in [0.25, 0.3) is 0 Å². The van der Waals surface area contributed by atoms with Crippen LogP contribution in [0.1, 0.15) is 32.3 Å². The number of hydrogen-bond acceptors (Lipinski definition) is 2. The van der Waals surface area contributed by atoms with Gasteiger partial charge in [0.25, 0.3) is 0 Å². The van der Waals surface area contributed by atoms with Gasteiger partial charge in [-0.3, -0.25) is 4.99 Å². The molecule has 0 heterocycles. The van der Waals surface area contributed by atoms with Crippen molar-refractivity contribution >= 4 is 5.96 Å². The molecule has 1 aromatic rings. The summed E-state index contributed by atoms with van der Waals surface area (Å²) < 4.78 is 0. The molecular weight excluding hydrogens is 272 g/mol. The van der Waals surface area contributed by atoms with Crippen LogP contribution in [0.2, 0.25) is 0 Å². The summed E-state index contributed by atoms with van der Waals surface area (Å²) in [7, 11) is 6.04. The lowest BCUT2D eigenvalue weighted by molar-refractivity contribution is 0.197. The summed E-state index contributed by atoms with van der Waals surface area (Å²) in [6.07, 6.45) is 2.51. The molecule has 1 aliphatic rings. The summed E-state index contributed by atoms with van der Waals surface area (Å²) in [6, 6.07) is 10.8. The van der Waals surface area contributed by atoms with E-state index < -0.39 is 0 Å². The average molecular weight is 302 g/mol. The molecule has 0 unspecified atom stereocenters. The molecule has 0 radical (unpaired) electrons. The van der Waals surface area contributed by atoms with E-state index in [1.165, 1.54) is 18.4 Å². The summed E-state index contributed by atoms with van der Waals surface area (Å²) in [5.74, 6) is 0.886. The van der Waals surface area contributed by atoms with Crippen LogP contribution in [0.3, 0.4) is 0 Å². The summed E-state index contributed by atoms with van der Waals surface area (Å²) in [5.41, 5.74) is 1.83. The molecular formula is C18H30N4. The first-order valence-corrected chi connectivity index (χ1v) is 8.07. The number of nitrogens with zero attached hydrogens (tertiary/aromatic N) is 2. The van der Waals surface area contributed by atoms with E-state index in [1.54, 1.807) is 0 Å². The van der Waals surface area contributed by atoms with Gasteiger partial charge in [0.15, 0.2) is 5.96 Å². The first kappa shape index (κ1) is 16.8. The van der Waals surface area contributed by atoms with E-state index in [9.17, 15) is 0 Å². The van der Waals surface area contributed by atoms with E-state index in [4.69, 9.17) is 0 Å². The summed E-state index contributed by atoms with van der Waals surface area (Å²) in [4.78, 5) is 6.57. The Morgan fingerprint density at radius 2 is 1.82 bits per heavy atom. The second kappa shape index (κ2) is 6.69. The quantitative estimate of drug-likeness (QED) is 0.625. The van der Waals surface area contributed by atoms with Crippen LogP contribution in [0.15, 0.2) is 35.3 Å². The zero-order valence-corrected chi connectivity index (χ0v) is 14.6. The predicted octanol–water partition coefficient (Wildman–Crippen LogP) is 2.22. The van der Waals surface area contributed by atoms with Crippen molar-refractivity contribution in [2.75, 3.05) is 34.2 Å². The number of nitrogens with one attached hydrogen (secondary N) is 2. The molecule has 0 atom stereocenters. The van der Waals surface area contributed by atoms with Gasteiger partial charge in [-0.05, 0) is 46.3 Å². The molecule has 0 aromatic heterocycles. The van der Waals surface area contributed by atoms with Crippen LogP contribution in [0, 0.1) is 0 Å². The Morgan fingerprint density at radius 3 is 2.32 bits per heavy atom. The molecule has 4 heteroatoms. The zero-order chi connectivity index (χ0) is 16.2. The fraction of sp³-hybridized carbons (Fsp3) is 0.611. The van der Waals surface area contributed by atoms with Gasteiger partial charge in [-0.15, -0.1) is 0 Å². The summed E-state index contributed by atoms with van der Waals surface area (Å²) >= 11 is 0. The van der Waals surface area contributed by atoms with Gasteiger partial charge in [-0.2, -0.15) is 0 Å². The second-order valence-corrected chi connectivity index (χ2v) is 7.13. The number of rotatable bonds is 6. The van der Waals surface area contributed by atoms with Crippen molar-refractivity contribution in [2.24, 2.45) is 4.99 Å². The van der Waals surface area contributed by atoms with E-state index >= 15 is 0 Å². The van der Waals surface area contributed by atoms with E-state index in [-0.39, 0.29) is 5.54 Å². The average Bonchev–Trinajstić information content (AvgIpc) is 3.29. The molecule has 1 aliphatic carbocycles. The monoisotopic (exact) mass is 302 g/mol. The maximum atomic E-state index is 4.35. The van der Waals surface area contributed by atoms with Gasteiger partial charge in [0, 0.05) is 31.1 Å². The SMILES string of the molecule is CN=C(NCC1(c2ccccc2)CC1)NCC(C)(C)N(C)C. The lowest BCUT2D eigenvalue weighted by Crippen LogP contribution is -2.51. The normalized spacial score (nSPS) is 17.5. The molecule has 22 heavy (non-hydrogen) atoms. The third kappa shape index (κ3) is 4.01. The highest BCUT2D eigenvalue weighted by Crippen LogP contribution is 2.47. The summed E-state index contributed by atoms with van der Waals surface area (Å²) in [5, 5.41) is 6.94. The molecule has 0 amide bonds. The van der Waals surface area contributed by atoms with Gasteiger partial charge >= 0.3 is 0 Å². The molecule has 4 nitrogen and oxygen atoms in total. The van der Waals surface area contributed by atoms with Crippen molar-refractivity contribution in [2.45, 2.75) is 37.6 Å². The largest absolute Gasteiger partial charge is 0.356 e. The third-order valence-electron chi connectivity index (χ3n) is 4.96. The standard InChI is InChI=1S/C18H30N4/c1-17(2,22(4)5)13-20-16(19-3)21-14-18(11-12-18)15-9-7-6-8-10-15/h6-10H,11-14H2,1-5H3,(H2,19,20,21). The van der Waals surface area contributed by atoms with Crippen molar-refractivity contribution in [1.29, 1.82) is 0 Å². The number of hydrogen-bond donors (Lipinski definition) is 2. The van der Waals surface area contributed by atoms with Crippen LogP contribution in [-0.4, -0.2) is 50.6 Å². The van der Waals surface area contributed by atoms with Crippen molar-refractivity contribution in [1.82, 2.24) is 15.5 Å². The van der Waals surface area contributed by atoms with Crippen LogP contribution in [0.4, 0.5) is 0 Å². The van der Waals surface area contributed by atoms with Gasteiger partial charge in [0.2, 0.25) is 0 Å². The molecule has 0 saturated heterocycles. The van der Waals surface area contributed by atoms with Gasteiger partial charge in [-0.1, -0.05) is 30.3 Å². The highest BCUT2D eigenvalue weighted by atomic mass is 15.2. The van der Waals surface area contributed by atoms with Gasteiger partial charge in [0.1, 0.15) is 0 Å². The molecule has 0 bridgehead atoms. The smallest absolute Gasteiger partial charge is 0.191 e. The van der Waals surface area contributed by atoms with Crippen molar-refractivity contribution < 1.29 is 0 Å². The van der Waals surface area contributed by atoms with E-state index in [0.717, 1.165) is 19.0 Å². The zero-order valence-electron chi connectivity index (χ0n) is 14.6. The molecule has 122 valence electrons. The third-order valence-corrected chi connectivity index (χ3v) is 4.96. The minimum atomic E-state index is 0.0916. The fourth-order valence-corrected chi connectivity index (χ4v) is 2.44. The first-order valence-electron chi connectivity index (χ1n) is 8.07. The van der Waals surface area contributed by atoms with Gasteiger partial charge in [-0.25, -0.2) is 0 Å². The lowest BCUT2D eigenvalue weighted by Gasteiger charge is -2.33. The Hall–Kier alpha value is -1.55. The van der Waals surface area contributed by atoms with E-state index in [2.05, 4.69) is 78.8 Å². The molecule has 2 rings (SSSR count). The molecule has 0 aliphatic heterocycles. The van der Waals surface area contributed by atoms with Crippen molar-refractivity contribution in [3.63, 3.8) is 0 Å². The van der Waals surface area contributed by atoms with Crippen LogP contribution in [0.5, 0.6) is 0 Å². The minimum Gasteiger partial charge on any atom is -0.356 e. The van der Waals surface area contributed by atoms with Crippen molar-refractivity contribution in [3.8, 4) is 0 Å². The first-order chi connectivity index (χ1) is 10.4. The highest BCUT2D eigenvalue weighted by Gasteiger charge is 2.44. The van der Waals surface area contributed by atoms with E-state index in [1.807, 2.05) is 7.05 Å². The molecule has 2 N–H and O–H groups in total. The Labute approximate surface area is 135 Å². The van der Waals surface area contributed by atoms with Gasteiger partial charge < -0.3 is 15.5 Å². The maximum absolute atomic E-state index is 4.35. The number of guanidine groups is 1. The van der Waals surface area contributed by atoms with Crippen LogP contribution >= 0.6 is 0 Å². The number of benzene rings is 1. The number of likely N-dealkylation sites (N-methyl/N-ethyl adjacent to an activating group) is 1. The second-order valence-electron chi connectivity index (χ2n) is 7.13. The maximum Gasteiger partial charge on any atom is 0.191 e. The van der Waals surface area contributed by atoms with Gasteiger partial charge in [0.05, 0.1) is 0 Å². The molecule has 1 saturated carbocycles. The highest BCUT2D eigenvalue weighted by molar-refractivity contribution is 5.79. The molecule has 1 fully saturated rings. The summed E-state index contributed by atoms with van der Waals surface area (Å²) in [6.45, 7) is 6.25.